The van der Waals surface area contributed by atoms with Crippen LogP contribution in [0.4, 0.5) is 8.78 Å². The molecule has 2 atom stereocenters. The molecule has 1 aliphatic heterocycles. The zero-order valence-electron chi connectivity index (χ0n) is 10.3. The lowest BCUT2D eigenvalue weighted by Crippen LogP contribution is -2.41. The van der Waals surface area contributed by atoms with Gasteiger partial charge in [-0.15, -0.1) is 0 Å². The van der Waals surface area contributed by atoms with Gasteiger partial charge in [0, 0.05) is 18.0 Å². The Kier molecular flexibility index (Phi) is 3.31. The van der Waals surface area contributed by atoms with Crippen molar-refractivity contribution in [1.29, 1.82) is 0 Å². The quantitative estimate of drug-likeness (QED) is 0.861. The maximum Gasteiger partial charge on any atom is 0.159 e. The van der Waals surface area contributed by atoms with Gasteiger partial charge in [-0.25, -0.2) is 8.78 Å². The maximum atomic E-state index is 13.1. The summed E-state index contributed by atoms with van der Waals surface area (Å²) < 4.78 is 26.0. The Morgan fingerprint density at radius 3 is 2.61 bits per heavy atom. The first-order chi connectivity index (χ1) is 8.74. The van der Waals surface area contributed by atoms with Gasteiger partial charge in [0.05, 0.1) is 0 Å². The summed E-state index contributed by atoms with van der Waals surface area (Å²) in [5.41, 5.74) is 0.917. The molecule has 98 valence electrons. The molecule has 0 aromatic heterocycles. The van der Waals surface area contributed by atoms with Crippen LogP contribution in [0.25, 0.3) is 0 Å². The maximum absolute atomic E-state index is 13.1. The highest BCUT2D eigenvalue weighted by molar-refractivity contribution is 5.29. The molecule has 0 amide bonds. The minimum atomic E-state index is -0.762. The second-order valence-electron chi connectivity index (χ2n) is 5.31. The van der Waals surface area contributed by atoms with E-state index in [1.54, 1.807) is 6.07 Å². The molecule has 2 N–H and O–H groups in total. The van der Waals surface area contributed by atoms with Gasteiger partial charge in [0.25, 0.3) is 0 Å². The van der Waals surface area contributed by atoms with Crippen LogP contribution in [0.2, 0.25) is 0 Å². The molecule has 0 bridgehead atoms. The topological polar surface area (TPSA) is 24.1 Å². The average Bonchev–Trinajstić information content (AvgIpc) is 3.13. The third-order valence-corrected chi connectivity index (χ3v) is 3.95. The SMILES string of the molecule is Fc1ccc([C@@H]2C[C@H]2NC2CCNCC2)cc1F. The molecule has 2 nitrogen and oxygen atoms in total. The minimum absolute atomic E-state index is 0.356. The fourth-order valence-corrected chi connectivity index (χ4v) is 2.78. The van der Waals surface area contributed by atoms with Crippen LogP contribution in [-0.4, -0.2) is 25.2 Å². The van der Waals surface area contributed by atoms with Crippen LogP contribution in [-0.2, 0) is 0 Å². The van der Waals surface area contributed by atoms with Gasteiger partial charge in [-0.1, -0.05) is 6.07 Å². The van der Waals surface area contributed by atoms with Gasteiger partial charge in [-0.05, 0) is 50.0 Å². The molecule has 3 rings (SSSR count). The van der Waals surface area contributed by atoms with Crippen LogP contribution in [0, 0.1) is 11.6 Å². The first-order valence-corrected chi connectivity index (χ1v) is 6.66. The van der Waals surface area contributed by atoms with E-state index in [2.05, 4.69) is 10.6 Å². The van der Waals surface area contributed by atoms with E-state index in [1.165, 1.54) is 12.1 Å². The van der Waals surface area contributed by atoms with Crippen LogP contribution in [0.1, 0.15) is 30.7 Å². The highest BCUT2D eigenvalue weighted by atomic mass is 19.2. The standard InChI is InChI=1S/C14H18F2N2/c15-12-2-1-9(7-13(12)16)11-8-14(11)18-10-3-5-17-6-4-10/h1-2,7,10-11,14,17-18H,3-6,8H2/t11-,14+/m0/s1. The Hall–Kier alpha value is -1.00. The summed E-state index contributed by atoms with van der Waals surface area (Å²) in [4.78, 5) is 0. The van der Waals surface area contributed by atoms with Crippen molar-refractivity contribution in [3.63, 3.8) is 0 Å². The van der Waals surface area contributed by atoms with Gasteiger partial charge >= 0.3 is 0 Å². The average molecular weight is 252 g/mol. The smallest absolute Gasteiger partial charge is 0.159 e. The third kappa shape index (κ3) is 2.54. The van der Waals surface area contributed by atoms with E-state index >= 15 is 0 Å². The summed E-state index contributed by atoms with van der Waals surface area (Å²) in [5, 5.41) is 6.95. The highest BCUT2D eigenvalue weighted by Crippen LogP contribution is 2.41. The van der Waals surface area contributed by atoms with Crippen molar-refractivity contribution in [2.45, 2.75) is 37.3 Å². The van der Waals surface area contributed by atoms with Crippen LogP contribution in [0.5, 0.6) is 0 Å². The lowest BCUT2D eigenvalue weighted by molar-refractivity contribution is 0.383. The molecule has 18 heavy (non-hydrogen) atoms. The zero-order chi connectivity index (χ0) is 12.5. The summed E-state index contributed by atoms with van der Waals surface area (Å²) in [6.45, 7) is 2.14. The second kappa shape index (κ2) is 4.94. The Labute approximate surface area is 106 Å². The normalized spacial score (nSPS) is 28.3. The number of benzene rings is 1. The summed E-state index contributed by atoms with van der Waals surface area (Å²) >= 11 is 0. The zero-order valence-corrected chi connectivity index (χ0v) is 10.3. The molecule has 0 spiro atoms. The number of nitrogens with one attached hydrogen (secondary N) is 2. The van der Waals surface area contributed by atoms with E-state index in [0.717, 1.165) is 37.9 Å². The fraction of sp³-hybridized carbons (Fsp3) is 0.571. The molecule has 1 heterocycles. The summed E-state index contributed by atoms with van der Waals surface area (Å²) in [7, 11) is 0. The van der Waals surface area contributed by atoms with E-state index in [4.69, 9.17) is 0 Å². The molecular formula is C14H18F2N2. The molecule has 1 aromatic carbocycles. The molecule has 1 aromatic rings. The van der Waals surface area contributed by atoms with Crippen LogP contribution >= 0.6 is 0 Å². The third-order valence-electron chi connectivity index (χ3n) is 3.95. The fourth-order valence-electron chi connectivity index (χ4n) is 2.78. The lowest BCUT2D eigenvalue weighted by Gasteiger charge is -2.24. The van der Waals surface area contributed by atoms with E-state index in [-0.39, 0.29) is 0 Å². The van der Waals surface area contributed by atoms with Crippen molar-refractivity contribution in [1.82, 2.24) is 10.6 Å². The van der Waals surface area contributed by atoms with Gasteiger partial charge in [-0.2, -0.15) is 0 Å². The highest BCUT2D eigenvalue weighted by Gasteiger charge is 2.39. The van der Waals surface area contributed by atoms with Gasteiger partial charge in [0.2, 0.25) is 0 Å². The van der Waals surface area contributed by atoms with Gasteiger partial charge in [0.15, 0.2) is 11.6 Å². The molecule has 1 saturated heterocycles. The number of hydrogen-bond acceptors (Lipinski definition) is 2. The Morgan fingerprint density at radius 1 is 1.11 bits per heavy atom. The first-order valence-electron chi connectivity index (χ1n) is 6.66. The molecule has 2 fully saturated rings. The molecule has 0 radical (unpaired) electrons. The molecule has 1 aliphatic carbocycles. The van der Waals surface area contributed by atoms with E-state index in [9.17, 15) is 8.78 Å². The molecule has 1 saturated carbocycles. The van der Waals surface area contributed by atoms with Crippen molar-refractivity contribution in [3.8, 4) is 0 Å². The Morgan fingerprint density at radius 2 is 1.89 bits per heavy atom. The molecular weight excluding hydrogens is 234 g/mol. The van der Waals surface area contributed by atoms with Gasteiger partial charge in [0.1, 0.15) is 0 Å². The van der Waals surface area contributed by atoms with Crippen LogP contribution < -0.4 is 10.6 Å². The summed E-state index contributed by atoms with van der Waals surface area (Å²) in [6.07, 6.45) is 3.34. The first kappa shape index (κ1) is 12.1. The van der Waals surface area contributed by atoms with Crippen molar-refractivity contribution in [2.75, 3.05) is 13.1 Å². The Balaban J connectivity index is 1.58. The van der Waals surface area contributed by atoms with E-state index in [0.29, 0.717) is 18.0 Å². The number of halogens is 2. The van der Waals surface area contributed by atoms with Gasteiger partial charge in [-0.3, -0.25) is 0 Å². The number of hydrogen-bond donors (Lipinski definition) is 2. The van der Waals surface area contributed by atoms with Crippen LogP contribution in [0.3, 0.4) is 0 Å². The van der Waals surface area contributed by atoms with Crippen molar-refractivity contribution in [2.24, 2.45) is 0 Å². The van der Waals surface area contributed by atoms with Crippen molar-refractivity contribution < 1.29 is 8.78 Å². The monoisotopic (exact) mass is 252 g/mol. The predicted octanol–water partition coefficient (Wildman–Crippen LogP) is 2.16. The Bertz CT molecular complexity index is 430. The number of rotatable bonds is 3. The van der Waals surface area contributed by atoms with Crippen molar-refractivity contribution >= 4 is 0 Å². The number of piperidine rings is 1. The minimum Gasteiger partial charge on any atom is -0.317 e. The molecule has 0 unspecified atom stereocenters. The lowest BCUT2D eigenvalue weighted by atomic mass is 10.1. The van der Waals surface area contributed by atoms with E-state index in [1.807, 2.05) is 0 Å². The molecule has 4 heteroatoms. The van der Waals surface area contributed by atoms with E-state index < -0.39 is 11.6 Å². The summed E-state index contributed by atoms with van der Waals surface area (Å²) in [5.74, 6) is -1.14. The van der Waals surface area contributed by atoms with Gasteiger partial charge < -0.3 is 10.6 Å². The van der Waals surface area contributed by atoms with Crippen molar-refractivity contribution in [3.05, 3.63) is 35.4 Å². The predicted molar refractivity (Wildman–Crippen MR) is 66.5 cm³/mol. The second-order valence-corrected chi connectivity index (χ2v) is 5.31. The summed E-state index contributed by atoms with van der Waals surface area (Å²) in [6, 6.07) is 5.28. The molecule has 2 aliphatic rings. The van der Waals surface area contributed by atoms with Crippen LogP contribution in [0.15, 0.2) is 18.2 Å². The largest absolute Gasteiger partial charge is 0.317 e.